The van der Waals surface area contributed by atoms with Crippen LogP contribution in [0.15, 0.2) is 41.3 Å². The maximum Gasteiger partial charge on any atom is 0.227 e. The molecular formula is C19H25ClN2O3S. The molecule has 2 aromatic rings. The minimum Gasteiger partial charge on any atom is -0.493 e. The van der Waals surface area contributed by atoms with Gasteiger partial charge in [-0.25, -0.2) is 0 Å². The minimum atomic E-state index is 0. The largest absolute Gasteiger partial charge is 0.493 e. The summed E-state index contributed by atoms with van der Waals surface area (Å²) in [6.07, 6.45) is 2.35. The number of methoxy groups -OCH3 is 2. The van der Waals surface area contributed by atoms with Crippen LogP contribution in [0, 0.1) is 0 Å². The summed E-state index contributed by atoms with van der Waals surface area (Å²) in [7, 11) is 5.03. The molecule has 0 bridgehead atoms. The van der Waals surface area contributed by atoms with Crippen LogP contribution in [0.3, 0.4) is 0 Å². The van der Waals surface area contributed by atoms with Crippen LogP contribution in [-0.4, -0.2) is 38.3 Å². The smallest absolute Gasteiger partial charge is 0.227 e. The van der Waals surface area contributed by atoms with Crippen LogP contribution in [0.2, 0.25) is 0 Å². The van der Waals surface area contributed by atoms with E-state index in [4.69, 9.17) is 15.2 Å². The van der Waals surface area contributed by atoms with Gasteiger partial charge >= 0.3 is 0 Å². The average molecular weight is 397 g/mol. The summed E-state index contributed by atoms with van der Waals surface area (Å²) >= 11 is 1.62. The number of nitrogen functional groups attached to an aromatic ring is 1. The number of ether oxygens (including phenoxy) is 2. The number of likely N-dealkylation sites (N-methyl/N-ethyl adjacent to an activating group) is 1. The lowest BCUT2D eigenvalue weighted by molar-refractivity contribution is -0.129. The highest BCUT2D eigenvalue weighted by molar-refractivity contribution is 7.98. The van der Waals surface area contributed by atoms with Gasteiger partial charge in [-0.05, 0) is 41.6 Å². The molecule has 0 aliphatic heterocycles. The fourth-order valence-electron chi connectivity index (χ4n) is 2.50. The summed E-state index contributed by atoms with van der Waals surface area (Å²) in [5.41, 5.74) is 8.35. The van der Waals surface area contributed by atoms with Crippen molar-refractivity contribution < 1.29 is 14.3 Å². The number of hydrogen-bond acceptors (Lipinski definition) is 5. The second-order valence-corrected chi connectivity index (χ2v) is 6.54. The quantitative estimate of drug-likeness (QED) is 0.571. The van der Waals surface area contributed by atoms with Crippen molar-refractivity contribution in [1.82, 2.24) is 4.90 Å². The van der Waals surface area contributed by atoms with Gasteiger partial charge in [-0.2, -0.15) is 0 Å². The second-order valence-electron chi connectivity index (χ2n) is 5.69. The number of amides is 1. The molecule has 2 N–H and O–H groups in total. The molecule has 5 nitrogen and oxygen atoms in total. The maximum absolute atomic E-state index is 12.5. The Bertz CT molecular complexity index is 738. The molecule has 0 unspecified atom stereocenters. The fourth-order valence-corrected chi connectivity index (χ4v) is 3.12. The Kier molecular flexibility index (Phi) is 8.61. The van der Waals surface area contributed by atoms with Crippen LogP contribution in [0.5, 0.6) is 11.5 Å². The van der Waals surface area contributed by atoms with Gasteiger partial charge < -0.3 is 20.1 Å². The van der Waals surface area contributed by atoms with Crippen LogP contribution >= 0.6 is 24.2 Å². The highest BCUT2D eigenvalue weighted by Gasteiger charge is 2.15. The van der Waals surface area contributed by atoms with E-state index in [1.165, 1.54) is 0 Å². The summed E-state index contributed by atoms with van der Waals surface area (Å²) < 4.78 is 10.7. The Morgan fingerprint density at radius 2 is 1.69 bits per heavy atom. The Balaban J connectivity index is 0.00000338. The third-order valence-corrected chi connectivity index (χ3v) is 4.77. The van der Waals surface area contributed by atoms with Gasteiger partial charge in [-0.15, -0.1) is 24.2 Å². The van der Waals surface area contributed by atoms with Crippen molar-refractivity contribution in [3.05, 3.63) is 47.5 Å². The molecule has 0 aliphatic rings. The average Bonchev–Trinajstić information content (AvgIpc) is 2.63. The van der Waals surface area contributed by atoms with Crippen molar-refractivity contribution in [2.45, 2.75) is 17.9 Å². The van der Waals surface area contributed by atoms with Crippen LogP contribution in [0.25, 0.3) is 0 Å². The van der Waals surface area contributed by atoms with E-state index >= 15 is 0 Å². The van der Waals surface area contributed by atoms with Crippen LogP contribution in [0.1, 0.15) is 11.1 Å². The van der Waals surface area contributed by atoms with E-state index in [2.05, 4.69) is 0 Å². The van der Waals surface area contributed by atoms with E-state index < -0.39 is 0 Å². The third kappa shape index (κ3) is 5.47. The second kappa shape index (κ2) is 10.2. The minimum absolute atomic E-state index is 0. The highest BCUT2D eigenvalue weighted by Crippen LogP contribution is 2.35. The summed E-state index contributed by atoms with van der Waals surface area (Å²) in [5, 5.41) is 0. The Morgan fingerprint density at radius 3 is 2.23 bits per heavy atom. The number of nitrogens with two attached hydrogens (primary N) is 1. The van der Waals surface area contributed by atoms with E-state index in [9.17, 15) is 4.79 Å². The van der Waals surface area contributed by atoms with Gasteiger partial charge in [-0.3, -0.25) is 4.79 Å². The van der Waals surface area contributed by atoms with Crippen molar-refractivity contribution in [3.8, 4) is 11.5 Å². The predicted octanol–water partition coefficient (Wildman–Crippen LogP) is 3.63. The number of thioether (sulfide) groups is 1. The Morgan fingerprint density at radius 1 is 1.12 bits per heavy atom. The van der Waals surface area contributed by atoms with Gasteiger partial charge in [0.15, 0.2) is 11.5 Å². The van der Waals surface area contributed by atoms with Gasteiger partial charge in [0.1, 0.15) is 0 Å². The van der Waals surface area contributed by atoms with E-state index in [1.54, 1.807) is 37.9 Å². The number of benzene rings is 2. The van der Waals surface area contributed by atoms with Crippen molar-refractivity contribution in [3.63, 3.8) is 0 Å². The molecule has 2 aromatic carbocycles. The fraction of sp³-hybridized carbons (Fsp3) is 0.316. The first-order chi connectivity index (χ1) is 12.0. The Hall–Kier alpha value is -2.05. The normalized spacial score (nSPS) is 10.0. The number of rotatable bonds is 7. The van der Waals surface area contributed by atoms with Crippen LogP contribution in [0.4, 0.5) is 5.69 Å². The number of halogens is 1. The lowest BCUT2D eigenvalue weighted by Crippen LogP contribution is -2.28. The lowest BCUT2D eigenvalue weighted by Gasteiger charge is -2.20. The molecule has 0 atom stereocenters. The van der Waals surface area contributed by atoms with Gasteiger partial charge in [0.05, 0.1) is 20.6 Å². The number of carbonyl (C=O) groups excluding carboxylic acids is 1. The molecule has 0 heterocycles. The zero-order valence-electron chi connectivity index (χ0n) is 15.4. The number of nitrogens with zero attached hydrogens (tertiary/aromatic N) is 1. The maximum atomic E-state index is 12.5. The first-order valence-corrected chi connectivity index (χ1v) is 9.08. The van der Waals surface area contributed by atoms with Gasteiger partial charge in [-0.1, -0.05) is 12.1 Å². The zero-order valence-corrected chi connectivity index (χ0v) is 17.1. The summed E-state index contributed by atoms with van der Waals surface area (Å²) in [6.45, 7) is 0.504. The highest BCUT2D eigenvalue weighted by atomic mass is 35.5. The molecule has 142 valence electrons. The molecule has 26 heavy (non-hydrogen) atoms. The molecule has 0 spiro atoms. The molecule has 7 heteroatoms. The van der Waals surface area contributed by atoms with E-state index in [0.29, 0.717) is 30.2 Å². The van der Waals surface area contributed by atoms with Crippen molar-refractivity contribution in [2.24, 2.45) is 0 Å². The first-order valence-electron chi connectivity index (χ1n) is 7.85. The molecule has 0 radical (unpaired) electrons. The summed E-state index contributed by atoms with van der Waals surface area (Å²) in [6, 6.07) is 11.2. The molecule has 2 rings (SSSR count). The predicted molar refractivity (Wildman–Crippen MR) is 110 cm³/mol. The zero-order chi connectivity index (χ0) is 18.4. The number of anilines is 1. The molecule has 0 aliphatic carbocycles. The number of carbonyl (C=O) groups is 1. The van der Waals surface area contributed by atoms with Crippen molar-refractivity contribution >= 4 is 35.8 Å². The number of hydrogen-bond donors (Lipinski definition) is 1. The van der Waals surface area contributed by atoms with Crippen molar-refractivity contribution in [2.75, 3.05) is 33.3 Å². The van der Waals surface area contributed by atoms with Crippen LogP contribution in [-0.2, 0) is 17.8 Å². The summed E-state index contributed by atoms with van der Waals surface area (Å²) in [4.78, 5) is 15.3. The lowest BCUT2D eigenvalue weighted by atomic mass is 10.1. The van der Waals surface area contributed by atoms with Gasteiger partial charge in [0.25, 0.3) is 0 Å². The molecule has 1 amide bonds. The Labute approximate surface area is 165 Å². The van der Waals surface area contributed by atoms with E-state index in [1.807, 2.05) is 42.7 Å². The van der Waals surface area contributed by atoms with E-state index in [-0.39, 0.29) is 18.3 Å². The van der Waals surface area contributed by atoms with E-state index in [0.717, 1.165) is 16.0 Å². The van der Waals surface area contributed by atoms with Gasteiger partial charge in [0, 0.05) is 24.2 Å². The molecule has 0 aromatic heterocycles. The SMILES string of the molecule is COc1cc(CN(C)C(=O)Cc2ccc(N)cc2)c(SC)cc1OC.Cl. The van der Waals surface area contributed by atoms with Crippen molar-refractivity contribution in [1.29, 1.82) is 0 Å². The third-order valence-electron chi connectivity index (χ3n) is 3.95. The summed E-state index contributed by atoms with van der Waals surface area (Å²) in [5.74, 6) is 1.40. The standard InChI is InChI=1S/C19H24N2O3S.ClH/c1-21(19(22)9-13-5-7-15(20)8-6-13)12-14-10-16(23-2)17(24-3)11-18(14)25-4;/h5-8,10-11H,9,12,20H2,1-4H3;1H. The molecule has 0 fully saturated rings. The molecule has 0 saturated heterocycles. The van der Waals surface area contributed by atoms with Gasteiger partial charge in [0.2, 0.25) is 5.91 Å². The monoisotopic (exact) mass is 396 g/mol. The topological polar surface area (TPSA) is 64.8 Å². The van der Waals surface area contributed by atoms with Crippen LogP contribution < -0.4 is 15.2 Å². The first kappa shape index (κ1) is 22.0. The molecular weight excluding hydrogens is 372 g/mol. The molecule has 0 saturated carbocycles.